The predicted octanol–water partition coefficient (Wildman–Crippen LogP) is 3.18. The number of rotatable bonds is 4. The Balaban J connectivity index is 1.60. The monoisotopic (exact) mass is 353 g/mol. The molecule has 1 heterocycles. The molecule has 1 aliphatic rings. The third-order valence-corrected chi connectivity index (χ3v) is 4.64. The Labute approximate surface area is 152 Å². The number of carbonyl (C=O) groups excluding carboxylic acids is 2. The number of aryl methyl sites for hydroxylation is 1. The summed E-state index contributed by atoms with van der Waals surface area (Å²) in [5, 5.41) is 15.3. The maximum absolute atomic E-state index is 12.4. The van der Waals surface area contributed by atoms with E-state index in [9.17, 15) is 14.7 Å². The average Bonchev–Trinajstić information content (AvgIpc) is 2.98. The third kappa shape index (κ3) is 3.96. The minimum absolute atomic E-state index is 0.00701. The highest BCUT2D eigenvalue weighted by atomic mass is 16.3. The predicted molar refractivity (Wildman–Crippen MR) is 100.0 cm³/mol. The Morgan fingerprint density at radius 3 is 2.69 bits per heavy atom. The summed E-state index contributed by atoms with van der Waals surface area (Å²) in [6, 6.07) is 14.1. The number of phenolic OH excluding ortho intramolecular Hbond substituents is 1. The van der Waals surface area contributed by atoms with Crippen molar-refractivity contribution in [1.29, 1.82) is 0 Å². The first-order valence-electron chi connectivity index (χ1n) is 8.65. The van der Waals surface area contributed by atoms with Crippen molar-refractivity contribution < 1.29 is 14.7 Å². The second kappa shape index (κ2) is 7.47. The number of hydrogen-bond acceptors (Lipinski definition) is 3. The van der Waals surface area contributed by atoms with Gasteiger partial charge in [-0.3, -0.25) is 4.79 Å². The molecule has 0 aromatic heterocycles. The van der Waals surface area contributed by atoms with Gasteiger partial charge in [0.1, 0.15) is 5.75 Å². The van der Waals surface area contributed by atoms with Crippen LogP contribution in [0.15, 0.2) is 48.5 Å². The second-order valence-electron chi connectivity index (χ2n) is 6.65. The summed E-state index contributed by atoms with van der Waals surface area (Å²) in [4.78, 5) is 26.4. The summed E-state index contributed by atoms with van der Waals surface area (Å²) in [5.41, 5.74) is 2.34. The fraction of sp³-hybridized carbons (Fsp3) is 0.300. The summed E-state index contributed by atoms with van der Waals surface area (Å²) in [6.07, 6.45) is 0.268. The van der Waals surface area contributed by atoms with Crippen LogP contribution >= 0.6 is 0 Å². The molecule has 0 bridgehead atoms. The van der Waals surface area contributed by atoms with Gasteiger partial charge in [-0.1, -0.05) is 36.4 Å². The van der Waals surface area contributed by atoms with Gasteiger partial charge in [-0.15, -0.1) is 0 Å². The lowest BCUT2D eigenvalue weighted by atomic mass is 10.1. The van der Waals surface area contributed by atoms with Crippen LogP contribution in [0.4, 0.5) is 10.5 Å². The van der Waals surface area contributed by atoms with Crippen molar-refractivity contribution in [3.05, 3.63) is 59.7 Å². The number of nitrogens with one attached hydrogen (secondary N) is 2. The van der Waals surface area contributed by atoms with Gasteiger partial charge in [0, 0.05) is 13.0 Å². The van der Waals surface area contributed by atoms with Crippen LogP contribution in [0.2, 0.25) is 0 Å². The zero-order valence-corrected chi connectivity index (χ0v) is 14.9. The van der Waals surface area contributed by atoms with E-state index in [0.29, 0.717) is 12.2 Å². The van der Waals surface area contributed by atoms with Crippen LogP contribution in [0.5, 0.6) is 5.75 Å². The van der Waals surface area contributed by atoms with Gasteiger partial charge >= 0.3 is 6.03 Å². The van der Waals surface area contributed by atoms with Gasteiger partial charge in [-0.2, -0.15) is 0 Å². The SMILES string of the molecule is Cc1ccc(O)c(NC(=O)NC2CC(=O)N(C(C)c3ccccc3)C2)c1. The Bertz CT molecular complexity index is 807. The van der Waals surface area contributed by atoms with E-state index in [2.05, 4.69) is 10.6 Å². The topological polar surface area (TPSA) is 81.7 Å². The third-order valence-electron chi connectivity index (χ3n) is 4.64. The highest BCUT2D eigenvalue weighted by Gasteiger charge is 2.34. The first-order valence-corrected chi connectivity index (χ1v) is 8.65. The molecule has 0 spiro atoms. The number of anilines is 1. The molecule has 6 nitrogen and oxygen atoms in total. The van der Waals surface area contributed by atoms with Crippen LogP contribution in [0.1, 0.15) is 30.5 Å². The Hall–Kier alpha value is -3.02. The molecule has 3 N–H and O–H groups in total. The average molecular weight is 353 g/mol. The quantitative estimate of drug-likeness (QED) is 0.739. The molecule has 0 saturated carbocycles. The second-order valence-corrected chi connectivity index (χ2v) is 6.65. The number of likely N-dealkylation sites (tertiary alicyclic amines) is 1. The minimum atomic E-state index is -0.432. The molecule has 0 aliphatic carbocycles. The molecule has 1 saturated heterocycles. The van der Waals surface area contributed by atoms with Gasteiger partial charge in [0.15, 0.2) is 0 Å². The van der Waals surface area contributed by atoms with E-state index in [-0.39, 0.29) is 30.2 Å². The molecule has 136 valence electrons. The number of aromatic hydroxyl groups is 1. The molecule has 1 fully saturated rings. The van der Waals surface area contributed by atoms with Crippen molar-refractivity contribution >= 4 is 17.6 Å². The number of carbonyl (C=O) groups is 2. The summed E-state index contributed by atoms with van der Waals surface area (Å²) in [5.74, 6) is 0.0256. The zero-order valence-electron chi connectivity index (χ0n) is 14.9. The van der Waals surface area contributed by atoms with Crippen molar-refractivity contribution in [2.24, 2.45) is 0 Å². The van der Waals surface area contributed by atoms with Crippen LogP contribution in [-0.2, 0) is 4.79 Å². The molecule has 1 aliphatic heterocycles. The molecule has 2 atom stereocenters. The molecule has 3 rings (SSSR count). The smallest absolute Gasteiger partial charge is 0.319 e. The minimum Gasteiger partial charge on any atom is -0.506 e. The van der Waals surface area contributed by atoms with Crippen LogP contribution in [0.3, 0.4) is 0 Å². The number of hydrogen-bond donors (Lipinski definition) is 3. The van der Waals surface area contributed by atoms with Crippen LogP contribution < -0.4 is 10.6 Å². The Morgan fingerprint density at radius 2 is 1.96 bits per heavy atom. The van der Waals surface area contributed by atoms with Crippen molar-refractivity contribution in [2.75, 3.05) is 11.9 Å². The van der Waals surface area contributed by atoms with Gasteiger partial charge < -0.3 is 20.6 Å². The lowest BCUT2D eigenvalue weighted by molar-refractivity contribution is -0.129. The summed E-state index contributed by atoms with van der Waals surface area (Å²) < 4.78 is 0. The molecule has 26 heavy (non-hydrogen) atoms. The summed E-state index contributed by atoms with van der Waals surface area (Å²) >= 11 is 0. The van der Waals surface area contributed by atoms with Gasteiger partial charge in [0.05, 0.1) is 17.8 Å². The first kappa shape index (κ1) is 17.8. The van der Waals surface area contributed by atoms with E-state index in [1.165, 1.54) is 6.07 Å². The van der Waals surface area contributed by atoms with E-state index in [1.54, 1.807) is 17.0 Å². The maximum Gasteiger partial charge on any atom is 0.319 e. The highest BCUT2D eigenvalue weighted by molar-refractivity contribution is 5.92. The molecular weight excluding hydrogens is 330 g/mol. The van der Waals surface area contributed by atoms with Crippen molar-refractivity contribution in [1.82, 2.24) is 10.2 Å². The molecule has 6 heteroatoms. The standard InChI is InChI=1S/C20H23N3O3/c1-13-8-9-18(24)17(10-13)22-20(26)21-16-11-19(25)23(12-16)14(2)15-6-4-3-5-7-15/h3-10,14,16,24H,11-12H2,1-2H3,(H2,21,22,26). The van der Waals surface area contributed by atoms with Gasteiger partial charge in [0.25, 0.3) is 0 Å². The zero-order chi connectivity index (χ0) is 18.7. The fourth-order valence-corrected chi connectivity index (χ4v) is 3.21. The number of urea groups is 1. The maximum atomic E-state index is 12.4. The molecule has 0 radical (unpaired) electrons. The molecule has 2 aromatic rings. The largest absolute Gasteiger partial charge is 0.506 e. The first-order chi connectivity index (χ1) is 12.4. The lowest BCUT2D eigenvalue weighted by Gasteiger charge is -2.25. The number of phenols is 1. The van der Waals surface area contributed by atoms with Crippen LogP contribution in [-0.4, -0.2) is 34.5 Å². The molecular formula is C20H23N3O3. The van der Waals surface area contributed by atoms with Crippen LogP contribution in [0.25, 0.3) is 0 Å². The summed E-state index contributed by atoms with van der Waals surface area (Å²) in [6.45, 7) is 4.32. The normalized spacial score (nSPS) is 17.8. The lowest BCUT2D eigenvalue weighted by Crippen LogP contribution is -2.40. The van der Waals surface area contributed by atoms with E-state index >= 15 is 0 Å². The van der Waals surface area contributed by atoms with Gasteiger partial charge in [-0.05, 0) is 37.1 Å². The molecule has 2 unspecified atom stereocenters. The van der Waals surface area contributed by atoms with Crippen molar-refractivity contribution in [3.8, 4) is 5.75 Å². The van der Waals surface area contributed by atoms with Crippen molar-refractivity contribution in [2.45, 2.75) is 32.4 Å². The number of amides is 3. The molecule has 2 aromatic carbocycles. The van der Waals surface area contributed by atoms with E-state index < -0.39 is 6.03 Å². The van der Waals surface area contributed by atoms with Crippen LogP contribution in [0, 0.1) is 6.92 Å². The van der Waals surface area contributed by atoms with Crippen molar-refractivity contribution in [3.63, 3.8) is 0 Å². The van der Waals surface area contributed by atoms with E-state index in [0.717, 1.165) is 11.1 Å². The van der Waals surface area contributed by atoms with Gasteiger partial charge in [0.2, 0.25) is 5.91 Å². The van der Waals surface area contributed by atoms with E-state index in [4.69, 9.17) is 0 Å². The molecule has 3 amide bonds. The fourth-order valence-electron chi connectivity index (χ4n) is 3.21. The summed E-state index contributed by atoms with van der Waals surface area (Å²) in [7, 11) is 0. The Kier molecular flexibility index (Phi) is 5.11. The van der Waals surface area contributed by atoms with Gasteiger partial charge in [-0.25, -0.2) is 4.79 Å². The number of nitrogens with zero attached hydrogens (tertiary/aromatic N) is 1. The Morgan fingerprint density at radius 1 is 1.23 bits per heavy atom. The number of benzene rings is 2. The van der Waals surface area contributed by atoms with E-state index in [1.807, 2.05) is 44.2 Å². The highest BCUT2D eigenvalue weighted by Crippen LogP contribution is 2.26.